The Morgan fingerprint density at radius 3 is 2.72 bits per heavy atom. The van der Waals surface area contributed by atoms with Crippen LogP contribution in [-0.4, -0.2) is 74.0 Å². The molecule has 7 nitrogen and oxygen atoms in total. The van der Waals surface area contributed by atoms with Crippen molar-refractivity contribution in [3.63, 3.8) is 0 Å². The van der Waals surface area contributed by atoms with E-state index in [1.165, 1.54) is 0 Å². The van der Waals surface area contributed by atoms with E-state index in [0.29, 0.717) is 26.2 Å². The van der Waals surface area contributed by atoms with Crippen LogP contribution in [0.3, 0.4) is 0 Å². The summed E-state index contributed by atoms with van der Waals surface area (Å²) < 4.78 is 31.9. The molecule has 0 radical (unpaired) electrons. The van der Waals surface area contributed by atoms with E-state index in [0.717, 1.165) is 18.7 Å². The van der Waals surface area contributed by atoms with E-state index in [2.05, 4.69) is 0 Å². The summed E-state index contributed by atoms with van der Waals surface area (Å²) in [4.78, 5) is 19.6. The molecule has 8 heteroatoms. The number of amides is 1. The van der Waals surface area contributed by atoms with Crippen LogP contribution in [-0.2, 0) is 19.6 Å². The van der Waals surface area contributed by atoms with Crippen LogP contribution in [0.4, 0.5) is 0 Å². The van der Waals surface area contributed by atoms with E-state index in [1.54, 1.807) is 16.3 Å². The Bertz CT molecular complexity index is 675. The summed E-state index contributed by atoms with van der Waals surface area (Å²) in [6.45, 7) is 7.60. The summed E-state index contributed by atoms with van der Waals surface area (Å²) >= 11 is 0. The van der Waals surface area contributed by atoms with Gasteiger partial charge in [-0.25, -0.2) is 12.7 Å². The number of aliphatic imine (C=N–C) groups is 1. The molecule has 3 rings (SSSR count). The first-order valence-electron chi connectivity index (χ1n) is 9.06. The monoisotopic (exact) mass is 371 g/mol. The van der Waals surface area contributed by atoms with Gasteiger partial charge in [0.15, 0.2) is 0 Å². The van der Waals surface area contributed by atoms with E-state index < -0.39 is 15.6 Å². The topological polar surface area (TPSA) is 79.3 Å². The van der Waals surface area contributed by atoms with E-state index in [9.17, 15) is 13.2 Å². The molecule has 1 saturated heterocycles. The van der Waals surface area contributed by atoms with Crippen molar-refractivity contribution in [2.75, 3.05) is 39.1 Å². The van der Waals surface area contributed by atoms with Crippen LogP contribution in [0.25, 0.3) is 0 Å². The second kappa shape index (κ2) is 6.63. The smallest absolute Gasteiger partial charge is 0.256 e. The molecular formula is C17H29N3O4S. The highest BCUT2D eigenvalue weighted by Crippen LogP contribution is 2.50. The molecule has 3 atom stereocenters. The number of rotatable bonds is 6. The van der Waals surface area contributed by atoms with Gasteiger partial charge in [0.05, 0.1) is 18.9 Å². The highest BCUT2D eigenvalue weighted by Gasteiger charge is 2.61. The van der Waals surface area contributed by atoms with Gasteiger partial charge >= 0.3 is 0 Å². The highest BCUT2D eigenvalue weighted by molar-refractivity contribution is 7.89. The van der Waals surface area contributed by atoms with E-state index in [4.69, 9.17) is 9.73 Å². The Balaban J connectivity index is 1.80. The van der Waals surface area contributed by atoms with Gasteiger partial charge in [0, 0.05) is 26.1 Å². The normalized spacial score (nSPS) is 32.9. The van der Waals surface area contributed by atoms with Crippen molar-refractivity contribution in [3.05, 3.63) is 0 Å². The van der Waals surface area contributed by atoms with Gasteiger partial charge in [0.1, 0.15) is 11.4 Å². The molecule has 142 valence electrons. The number of carbonyl (C=O) groups is 1. The van der Waals surface area contributed by atoms with Crippen LogP contribution < -0.4 is 0 Å². The molecular weight excluding hydrogens is 342 g/mol. The predicted molar refractivity (Wildman–Crippen MR) is 95.8 cm³/mol. The number of methoxy groups -OCH3 is 1. The molecule has 1 aliphatic carbocycles. The van der Waals surface area contributed by atoms with E-state index in [1.807, 2.05) is 20.8 Å². The van der Waals surface area contributed by atoms with Crippen LogP contribution in [0.5, 0.6) is 0 Å². The SMILES string of the molecule is COCCN1C(=O)[C@]2(CC[C@@H]3CN(S(=O)(=O)CC(C)C)C[C@@H]32)N=C1C. The zero-order chi connectivity index (χ0) is 18.4. The maximum atomic E-state index is 13.1. The van der Waals surface area contributed by atoms with Crippen LogP contribution in [0.2, 0.25) is 0 Å². The lowest BCUT2D eigenvalue weighted by Gasteiger charge is -2.28. The number of hydrogen-bond acceptors (Lipinski definition) is 5. The van der Waals surface area contributed by atoms with Gasteiger partial charge in [-0.1, -0.05) is 13.8 Å². The zero-order valence-electron chi connectivity index (χ0n) is 15.6. The van der Waals surface area contributed by atoms with Crippen molar-refractivity contribution >= 4 is 21.8 Å². The van der Waals surface area contributed by atoms with Crippen LogP contribution >= 0.6 is 0 Å². The summed E-state index contributed by atoms with van der Waals surface area (Å²) in [5, 5.41) is 0. The third kappa shape index (κ3) is 3.13. The molecule has 0 bridgehead atoms. The van der Waals surface area contributed by atoms with Gasteiger partial charge in [-0.3, -0.25) is 14.7 Å². The largest absolute Gasteiger partial charge is 0.383 e. The summed E-state index contributed by atoms with van der Waals surface area (Å²) in [5.74, 6) is 1.23. The fourth-order valence-corrected chi connectivity index (χ4v) is 6.50. The van der Waals surface area contributed by atoms with Gasteiger partial charge in [-0.15, -0.1) is 0 Å². The predicted octanol–water partition coefficient (Wildman–Crippen LogP) is 0.960. The number of fused-ring (bicyclic) bond motifs is 2. The number of amidine groups is 1. The number of ether oxygens (including phenoxy) is 1. The number of nitrogens with zero attached hydrogens (tertiary/aromatic N) is 3. The average molecular weight is 372 g/mol. The van der Waals surface area contributed by atoms with Gasteiger partial charge in [-0.05, 0) is 31.6 Å². The number of sulfonamides is 1. The minimum atomic E-state index is -3.27. The lowest BCUT2D eigenvalue weighted by Crippen LogP contribution is -2.47. The molecule has 2 aliphatic heterocycles. The van der Waals surface area contributed by atoms with E-state index >= 15 is 0 Å². The highest BCUT2D eigenvalue weighted by atomic mass is 32.2. The molecule has 25 heavy (non-hydrogen) atoms. The maximum absolute atomic E-state index is 13.1. The molecule has 1 spiro atoms. The summed E-state index contributed by atoms with van der Waals surface area (Å²) in [7, 11) is -1.65. The van der Waals surface area contributed by atoms with E-state index in [-0.39, 0.29) is 29.4 Å². The molecule has 1 saturated carbocycles. The van der Waals surface area contributed by atoms with Crippen molar-refractivity contribution in [2.45, 2.75) is 39.2 Å². The van der Waals surface area contributed by atoms with Crippen molar-refractivity contribution in [2.24, 2.45) is 22.7 Å². The molecule has 0 aromatic rings. The Morgan fingerprint density at radius 1 is 1.36 bits per heavy atom. The zero-order valence-corrected chi connectivity index (χ0v) is 16.4. The fraction of sp³-hybridized carbons (Fsp3) is 0.882. The number of hydrogen-bond donors (Lipinski definition) is 0. The molecule has 3 aliphatic rings. The third-order valence-corrected chi connectivity index (χ3v) is 7.91. The molecule has 0 aromatic carbocycles. The summed E-state index contributed by atoms with van der Waals surface area (Å²) in [5.41, 5.74) is -0.759. The van der Waals surface area contributed by atoms with Crippen molar-refractivity contribution in [1.82, 2.24) is 9.21 Å². The first kappa shape index (κ1) is 18.8. The second-order valence-corrected chi connectivity index (χ2v) is 9.94. The van der Waals surface area contributed by atoms with Crippen molar-refractivity contribution in [3.8, 4) is 0 Å². The van der Waals surface area contributed by atoms with Gasteiger partial charge < -0.3 is 4.74 Å². The molecule has 1 amide bonds. The third-order valence-electron chi connectivity index (χ3n) is 5.74. The Hall–Kier alpha value is -0.990. The van der Waals surface area contributed by atoms with Crippen molar-refractivity contribution < 1.29 is 17.9 Å². The Morgan fingerprint density at radius 2 is 2.08 bits per heavy atom. The summed E-state index contributed by atoms with van der Waals surface area (Å²) in [6, 6.07) is 0. The summed E-state index contributed by atoms with van der Waals surface area (Å²) in [6.07, 6.45) is 1.58. The molecule has 0 N–H and O–H groups in total. The van der Waals surface area contributed by atoms with Gasteiger partial charge in [0.25, 0.3) is 5.91 Å². The van der Waals surface area contributed by atoms with Crippen LogP contribution in [0.15, 0.2) is 4.99 Å². The Labute approximate surface area is 150 Å². The van der Waals surface area contributed by atoms with Crippen LogP contribution in [0.1, 0.15) is 33.6 Å². The average Bonchev–Trinajstić information content (AvgIpc) is 3.13. The van der Waals surface area contributed by atoms with Crippen LogP contribution in [0, 0.1) is 17.8 Å². The lowest BCUT2D eigenvalue weighted by atomic mass is 9.85. The minimum Gasteiger partial charge on any atom is -0.383 e. The molecule has 0 unspecified atom stereocenters. The minimum absolute atomic E-state index is 0.00979. The lowest BCUT2D eigenvalue weighted by molar-refractivity contribution is -0.132. The molecule has 0 aromatic heterocycles. The maximum Gasteiger partial charge on any atom is 0.256 e. The Kier molecular flexibility index (Phi) is 4.98. The standard InChI is InChI=1S/C17H29N3O4S/c1-12(2)11-25(22,23)19-9-14-5-6-17(15(14)10-19)16(21)20(7-8-24-4)13(3)18-17/h12,14-15H,5-11H2,1-4H3/t14-,15+,17-/m1/s1. The van der Waals surface area contributed by atoms with Crippen molar-refractivity contribution in [1.29, 1.82) is 0 Å². The molecule has 2 heterocycles. The fourth-order valence-electron chi connectivity index (χ4n) is 4.64. The van der Waals surface area contributed by atoms with Gasteiger partial charge in [-0.2, -0.15) is 0 Å². The van der Waals surface area contributed by atoms with Gasteiger partial charge in [0.2, 0.25) is 10.0 Å². The first-order chi connectivity index (χ1) is 11.7. The first-order valence-corrected chi connectivity index (χ1v) is 10.7. The number of carbonyl (C=O) groups excluding carboxylic acids is 1. The molecule has 2 fully saturated rings. The second-order valence-electron chi connectivity index (χ2n) is 7.93. The quantitative estimate of drug-likeness (QED) is 0.697.